The maximum Gasteiger partial charge on any atom is 0.264 e. The van der Waals surface area contributed by atoms with Crippen LogP contribution in [0.15, 0.2) is 47.8 Å². The molecule has 2 aromatic heterocycles. The summed E-state index contributed by atoms with van der Waals surface area (Å²) >= 11 is 2.79. The second-order valence-electron chi connectivity index (χ2n) is 7.22. The Hall–Kier alpha value is -3.04. The van der Waals surface area contributed by atoms with Gasteiger partial charge in [-0.25, -0.2) is 4.98 Å². The second-order valence-corrected chi connectivity index (χ2v) is 9.37. The maximum atomic E-state index is 12.7. The molecule has 1 aliphatic heterocycles. The summed E-state index contributed by atoms with van der Waals surface area (Å²) in [7, 11) is 0. The van der Waals surface area contributed by atoms with Crippen molar-refractivity contribution in [3.05, 3.63) is 68.9 Å². The van der Waals surface area contributed by atoms with Crippen molar-refractivity contribution in [2.24, 2.45) is 0 Å². The van der Waals surface area contributed by atoms with Crippen LogP contribution in [-0.4, -0.2) is 58.7 Å². The number of hydrogen-bond donors (Lipinski definition) is 1. The van der Waals surface area contributed by atoms with Gasteiger partial charge in [-0.1, -0.05) is 18.2 Å². The number of rotatable bonds is 5. The molecule has 1 N–H and O–H groups in total. The molecule has 0 saturated carbocycles. The summed E-state index contributed by atoms with van der Waals surface area (Å²) in [5.41, 5.74) is 1.19. The third kappa shape index (κ3) is 5.18. The number of aromatic nitrogens is 1. The molecule has 0 atom stereocenters. The molecule has 160 valence electrons. The van der Waals surface area contributed by atoms with Crippen LogP contribution in [0.4, 0.5) is 5.13 Å². The van der Waals surface area contributed by atoms with Crippen LogP contribution in [0.25, 0.3) is 0 Å². The molecule has 0 unspecified atom stereocenters. The number of hydrogen-bond acceptors (Lipinski definition) is 6. The van der Waals surface area contributed by atoms with E-state index in [2.05, 4.69) is 10.3 Å². The summed E-state index contributed by atoms with van der Waals surface area (Å²) in [6.07, 6.45) is 0.176. The Labute approximate surface area is 188 Å². The lowest BCUT2D eigenvalue weighted by molar-refractivity contribution is -0.132. The molecule has 1 saturated heterocycles. The summed E-state index contributed by atoms with van der Waals surface area (Å²) in [5, 5.41) is 5.03. The number of aryl methyl sites for hydroxylation is 1. The first kappa shape index (κ1) is 21.2. The number of nitrogens with zero attached hydrogens (tertiary/aromatic N) is 3. The van der Waals surface area contributed by atoms with E-state index in [0.29, 0.717) is 42.6 Å². The predicted molar refractivity (Wildman–Crippen MR) is 122 cm³/mol. The average molecular weight is 455 g/mol. The van der Waals surface area contributed by atoms with Gasteiger partial charge in [0.1, 0.15) is 0 Å². The minimum absolute atomic E-state index is 0.0229. The first-order valence-electron chi connectivity index (χ1n) is 9.94. The summed E-state index contributed by atoms with van der Waals surface area (Å²) in [5.74, 6) is -0.219. The number of thiazole rings is 1. The van der Waals surface area contributed by atoms with E-state index in [9.17, 15) is 14.4 Å². The SMILES string of the molecule is Cc1ccc(C(=O)N2CCN(C(=O)Cc3csc(NC(=O)c4ccccc4)n3)CC2)s1. The average Bonchev–Trinajstić information content (AvgIpc) is 3.42. The Balaban J connectivity index is 1.28. The Morgan fingerprint density at radius 3 is 2.39 bits per heavy atom. The van der Waals surface area contributed by atoms with E-state index in [1.165, 1.54) is 22.7 Å². The molecule has 9 heteroatoms. The molecule has 0 aliphatic carbocycles. The second kappa shape index (κ2) is 9.40. The topological polar surface area (TPSA) is 82.6 Å². The van der Waals surface area contributed by atoms with Crippen LogP contribution < -0.4 is 5.32 Å². The largest absolute Gasteiger partial charge is 0.339 e. The zero-order valence-corrected chi connectivity index (χ0v) is 18.7. The number of benzene rings is 1. The maximum absolute atomic E-state index is 12.7. The number of carbonyl (C=O) groups excluding carboxylic acids is 3. The first-order chi connectivity index (χ1) is 15.0. The lowest BCUT2D eigenvalue weighted by Crippen LogP contribution is -2.50. The zero-order chi connectivity index (χ0) is 21.8. The number of amides is 3. The fourth-order valence-corrected chi connectivity index (χ4v) is 4.88. The van der Waals surface area contributed by atoms with Crippen LogP contribution in [0.3, 0.4) is 0 Å². The van der Waals surface area contributed by atoms with Gasteiger partial charge in [0.25, 0.3) is 11.8 Å². The van der Waals surface area contributed by atoms with Crippen LogP contribution in [0.5, 0.6) is 0 Å². The van der Waals surface area contributed by atoms with Crippen LogP contribution in [-0.2, 0) is 11.2 Å². The van der Waals surface area contributed by atoms with Gasteiger partial charge >= 0.3 is 0 Å². The van der Waals surface area contributed by atoms with Gasteiger partial charge in [0.2, 0.25) is 5.91 Å². The van der Waals surface area contributed by atoms with E-state index < -0.39 is 0 Å². The molecule has 1 aromatic carbocycles. The lowest BCUT2D eigenvalue weighted by atomic mass is 10.2. The Kier molecular flexibility index (Phi) is 6.43. The highest BCUT2D eigenvalue weighted by Gasteiger charge is 2.26. The van der Waals surface area contributed by atoms with Gasteiger partial charge in [0.15, 0.2) is 5.13 Å². The van der Waals surface area contributed by atoms with Gasteiger partial charge in [0, 0.05) is 42.0 Å². The smallest absolute Gasteiger partial charge is 0.264 e. The molecule has 31 heavy (non-hydrogen) atoms. The normalized spacial score (nSPS) is 13.8. The Morgan fingerprint density at radius 2 is 1.71 bits per heavy atom. The molecule has 0 radical (unpaired) electrons. The van der Waals surface area contributed by atoms with Crippen molar-refractivity contribution in [1.29, 1.82) is 0 Å². The Morgan fingerprint density at radius 1 is 1.00 bits per heavy atom. The quantitative estimate of drug-likeness (QED) is 0.641. The van der Waals surface area contributed by atoms with E-state index in [1.54, 1.807) is 39.4 Å². The lowest BCUT2D eigenvalue weighted by Gasteiger charge is -2.34. The van der Waals surface area contributed by atoms with Crippen molar-refractivity contribution in [3.8, 4) is 0 Å². The van der Waals surface area contributed by atoms with Crippen LogP contribution in [0.1, 0.15) is 30.6 Å². The van der Waals surface area contributed by atoms with Gasteiger partial charge in [-0.05, 0) is 31.2 Å². The number of carbonyl (C=O) groups is 3. The molecular formula is C22H22N4O3S2. The van der Waals surface area contributed by atoms with Crippen molar-refractivity contribution < 1.29 is 14.4 Å². The van der Waals surface area contributed by atoms with Crippen LogP contribution in [0, 0.1) is 6.92 Å². The minimum atomic E-state index is -0.227. The highest BCUT2D eigenvalue weighted by atomic mass is 32.1. The van der Waals surface area contributed by atoms with E-state index in [0.717, 1.165) is 9.75 Å². The number of piperazine rings is 1. The number of nitrogens with one attached hydrogen (secondary N) is 1. The minimum Gasteiger partial charge on any atom is -0.339 e. The highest BCUT2D eigenvalue weighted by Crippen LogP contribution is 2.20. The fourth-order valence-electron chi connectivity index (χ4n) is 3.34. The van der Waals surface area contributed by atoms with Gasteiger partial charge in [-0.3, -0.25) is 19.7 Å². The molecule has 3 aromatic rings. The third-order valence-electron chi connectivity index (χ3n) is 5.01. The molecule has 1 fully saturated rings. The fraction of sp³-hybridized carbons (Fsp3) is 0.273. The van der Waals surface area contributed by atoms with Crippen molar-refractivity contribution in [2.45, 2.75) is 13.3 Å². The summed E-state index contributed by atoms with van der Waals surface area (Å²) in [6, 6.07) is 12.7. The van der Waals surface area contributed by atoms with Crippen molar-refractivity contribution in [1.82, 2.24) is 14.8 Å². The van der Waals surface area contributed by atoms with Crippen LogP contribution >= 0.6 is 22.7 Å². The number of anilines is 1. The molecular weight excluding hydrogens is 432 g/mol. The van der Waals surface area contributed by atoms with E-state index in [-0.39, 0.29) is 24.1 Å². The van der Waals surface area contributed by atoms with E-state index in [1.807, 2.05) is 25.1 Å². The standard InChI is InChI=1S/C22H22N4O3S2/c1-15-7-8-18(31-15)21(29)26-11-9-25(10-12-26)19(27)13-17-14-30-22(23-17)24-20(28)16-5-3-2-4-6-16/h2-8,14H,9-13H2,1H3,(H,23,24,28). The molecule has 3 heterocycles. The van der Waals surface area contributed by atoms with Crippen LogP contribution in [0.2, 0.25) is 0 Å². The van der Waals surface area contributed by atoms with Gasteiger partial charge in [-0.15, -0.1) is 22.7 Å². The van der Waals surface area contributed by atoms with E-state index >= 15 is 0 Å². The predicted octanol–water partition coefficient (Wildman–Crippen LogP) is 3.29. The molecule has 0 bridgehead atoms. The third-order valence-corrected chi connectivity index (χ3v) is 6.81. The molecule has 0 spiro atoms. The van der Waals surface area contributed by atoms with Crippen molar-refractivity contribution >= 4 is 45.5 Å². The monoisotopic (exact) mass is 454 g/mol. The molecule has 4 rings (SSSR count). The summed E-state index contributed by atoms with van der Waals surface area (Å²) in [4.78, 5) is 47.3. The van der Waals surface area contributed by atoms with Crippen molar-refractivity contribution in [2.75, 3.05) is 31.5 Å². The summed E-state index contributed by atoms with van der Waals surface area (Å²) in [6.45, 7) is 4.05. The van der Waals surface area contributed by atoms with Gasteiger partial charge < -0.3 is 9.80 Å². The Bertz CT molecular complexity index is 1090. The molecule has 3 amide bonds. The van der Waals surface area contributed by atoms with Gasteiger partial charge in [-0.2, -0.15) is 0 Å². The molecule has 7 nitrogen and oxygen atoms in total. The first-order valence-corrected chi connectivity index (χ1v) is 11.6. The highest BCUT2D eigenvalue weighted by molar-refractivity contribution is 7.14. The van der Waals surface area contributed by atoms with Gasteiger partial charge in [0.05, 0.1) is 17.0 Å². The van der Waals surface area contributed by atoms with E-state index in [4.69, 9.17) is 0 Å². The number of thiophene rings is 1. The zero-order valence-electron chi connectivity index (χ0n) is 17.0. The summed E-state index contributed by atoms with van der Waals surface area (Å²) < 4.78 is 0. The van der Waals surface area contributed by atoms with Crippen molar-refractivity contribution in [3.63, 3.8) is 0 Å². The molecule has 1 aliphatic rings.